The predicted octanol–water partition coefficient (Wildman–Crippen LogP) is 2.83. The molecule has 10 nitrogen and oxygen atoms in total. The zero-order valence-corrected chi connectivity index (χ0v) is 19.8. The summed E-state index contributed by atoms with van der Waals surface area (Å²) in [6.45, 7) is 2.98. The van der Waals surface area contributed by atoms with E-state index in [1.54, 1.807) is 41.0 Å². The third kappa shape index (κ3) is 7.10. The quantitative estimate of drug-likeness (QED) is 0.433. The zero-order chi connectivity index (χ0) is 27.4. The predicted molar refractivity (Wildman–Crippen MR) is 121 cm³/mol. The number of aromatic amines is 1. The summed E-state index contributed by atoms with van der Waals surface area (Å²) in [7, 11) is 1.55. The minimum Gasteiger partial charge on any atom is -0.377 e. The van der Waals surface area contributed by atoms with Gasteiger partial charge >= 0.3 is 18.4 Å². The Morgan fingerprint density at radius 2 is 1.73 bits per heavy atom. The van der Waals surface area contributed by atoms with Gasteiger partial charge in [0.15, 0.2) is 0 Å². The lowest BCUT2D eigenvalue weighted by atomic mass is 10.2. The number of piperazine rings is 1. The Hall–Kier alpha value is -3.85. The number of urea groups is 1. The number of carbonyl (C=O) groups is 1. The molecule has 1 aliphatic rings. The average Bonchev–Trinajstić information content (AvgIpc) is 2.82. The number of anilines is 2. The first kappa shape index (κ1) is 27.7. The summed E-state index contributed by atoms with van der Waals surface area (Å²) in [5, 5.41) is 7.73. The molecule has 1 fully saturated rings. The van der Waals surface area contributed by atoms with Crippen LogP contribution in [-0.4, -0.2) is 81.8 Å². The van der Waals surface area contributed by atoms with E-state index in [4.69, 9.17) is 0 Å². The van der Waals surface area contributed by atoms with Crippen LogP contribution < -0.4 is 15.8 Å². The van der Waals surface area contributed by atoms with Gasteiger partial charge in [0.2, 0.25) is 5.95 Å². The van der Waals surface area contributed by atoms with Gasteiger partial charge in [0.25, 0.3) is 5.56 Å². The molecule has 0 spiro atoms. The lowest BCUT2D eigenvalue weighted by Crippen LogP contribution is -2.52. The van der Waals surface area contributed by atoms with Crippen molar-refractivity contribution in [3.8, 4) is 0 Å². The molecule has 2 amide bonds. The molecule has 1 atom stereocenters. The molecular weight excluding hydrogens is 510 g/mol. The van der Waals surface area contributed by atoms with Crippen LogP contribution in [0.4, 0.5) is 42.8 Å². The van der Waals surface area contributed by atoms with E-state index in [2.05, 4.69) is 20.4 Å². The number of hydrogen-bond donors (Lipinski definition) is 2. The Balaban J connectivity index is 1.50. The molecule has 1 saturated heterocycles. The van der Waals surface area contributed by atoms with Crippen LogP contribution >= 0.6 is 0 Å². The number of alkyl halides is 6. The third-order valence-electron chi connectivity index (χ3n) is 5.45. The average molecular weight is 534 g/mol. The zero-order valence-electron chi connectivity index (χ0n) is 19.8. The van der Waals surface area contributed by atoms with Crippen molar-refractivity contribution in [2.24, 2.45) is 0 Å². The van der Waals surface area contributed by atoms with Crippen molar-refractivity contribution < 1.29 is 31.1 Å². The van der Waals surface area contributed by atoms with Gasteiger partial charge < -0.3 is 20.0 Å². The minimum absolute atomic E-state index is 0.141. The van der Waals surface area contributed by atoms with Crippen LogP contribution in [-0.2, 0) is 12.4 Å². The van der Waals surface area contributed by atoms with Gasteiger partial charge in [0.05, 0.1) is 17.4 Å². The van der Waals surface area contributed by atoms with Crippen molar-refractivity contribution in [2.75, 3.05) is 50.0 Å². The molecule has 0 saturated carbocycles. The first-order chi connectivity index (χ1) is 17.3. The van der Waals surface area contributed by atoms with E-state index in [9.17, 15) is 35.9 Å². The van der Waals surface area contributed by atoms with Gasteiger partial charge in [0, 0.05) is 58.2 Å². The number of aromatic nitrogens is 4. The SMILES string of the molecule is CC(/C=C/CN(C)C(=O)N1CCN(c2ncc(C(F)(F)F)cn2)CC1)Nc1cn[nH]c(=O)c1C(F)(F)F. The number of nitrogens with one attached hydrogen (secondary N) is 2. The molecule has 3 heterocycles. The Labute approximate surface area is 207 Å². The number of nitrogens with zero attached hydrogens (tertiary/aromatic N) is 6. The van der Waals surface area contributed by atoms with Crippen molar-refractivity contribution in [3.63, 3.8) is 0 Å². The minimum atomic E-state index is -4.86. The fraction of sp³-hybridized carbons (Fsp3) is 0.476. The molecule has 0 bridgehead atoms. The molecule has 3 rings (SSSR count). The topological polar surface area (TPSA) is 110 Å². The molecule has 16 heteroatoms. The third-order valence-corrected chi connectivity index (χ3v) is 5.45. The maximum atomic E-state index is 13.2. The van der Waals surface area contributed by atoms with Gasteiger partial charge in [-0.05, 0) is 6.92 Å². The monoisotopic (exact) mass is 534 g/mol. The number of rotatable bonds is 6. The normalized spacial score (nSPS) is 15.7. The molecule has 202 valence electrons. The van der Waals surface area contributed by atoms with E-state index in [0.29, 0.717) is 38.6 Å². The van der Waals surface area contributed by atoms with Gasteiger partial charge in [-0.15, -0.1) is 0 Å². The second-order valence-corrected chi connectivity index (χ2v) is 8.25. The smallest absolute Gasteiger partial charge is 0.377 e. The lowest BCUT2D eigenvalue weighted by Gasteiger charge is -2.36. The fourth-order valence-corrected chi connectivity index (χ4v) is 3.55. The second-order valence-electron chi connectivity index (χ2n) is 8.25. The van der Waals surface area contributed by atoms with Crippen molar-refractivity contribution in [1.29, 1.82) is 0 Å². The summed E-state index contributed by atoms with van der Waals surface area (Å²) in [6, 6.07) is -0.906. The van der Waals surface area contributed by atoms with Gasteiger partial charge in [0.1, 0.15) is 5.56 Å². The Kier molecular flexibility index (Phi) is 8.28. The highest BCUT2D eigenvalue weighted by atomic mass is 19.4. The van der Waals surface area contributed by atoms with Crippen LogP contribution in [0.25, 0.3) is 0 Å². The highest BCUT2D eigenvalue weighted by molar-refractivity contribution is 5.74. The number of halogens is 6. The maximum absolute atomic E-state index is 13.2. The standard InChI is InChI=1S/C21H24F6N8O2/c1-13(31-15-12-30-32-17(36)16(15)21(25,26)27)4-3-5-33(2)19(37)35-8-6-34(7-9-35)18-28-10-14(11-29-18)20(22,23)24/h3-4,10-13H,5-9H2,1-2H3,(H2,31,32,36)/b4-3+. The Morgan fingerprint density at radius 3 is 2.30 bits per heavy atom. The highest BCUT2D eigenvalue weighted by Gasteiger charge is 2.37. The van der Waals surface area contributed by atoms with E-state index in [0.717, 1.165) is 6.20 Å². The first-order valence-corrected chi connectivity index (χ1v) is 11.0. The highest BCUT2D eigenvalue weighted by Crippen LogP contribution is 2.31. The van der Waals surface area contributed by atoms with Crippen LogP contribution in [0.15, 0.2) is 35.5 Å². The molecule has 2 N–H and O–H groups in total. The van der Waals surface area contributed by atoms with Crippen molar-refractivity contribution in [2.45, 2.75) is 25.3 Å². The summed E-state index contributed by atoms with van der Waals surface area (Å²) in [6.07, 6.45) is -3.95. The summed E-state index contributed by atoms with van der Waals surface area (Å²) in [5.74, 6) is 0.141. The molecule has 37 heavy (non-hydrogen) atoms. The number of hydrogen-bond acceptors (Lipinski definition) is 7. The summed E-state index contributed by atoms with van der Waals surface area (Å²) in [4.78, 5) is 36.4. The summed E-state index contributed by atoms with van der Waals surface area (Å²) < 4.78 is 77.5. The van der Waals surface area contributed by atoms with E-state index in [1.807, 2.05) is 0 Å². The summed E-state index contributed by atoms with van der Waals surface area (Å²) in [5.41, 5.74) is -4.15. The largest absolute Gasteiger partial charge is 0.423 e. The first-order valence-electron chi connectivity index (χ1n) is 11.0. The Morgan fingerprint density at radius 1 is 1.11 bits per heavy atom. The Bertz CT molecular complexity index is 1160. The molecular formula is C21H24F6N8O2. The van der Waals surface area contributed by atoms with Gasteiger partial charge in [-0.2, -0.15) is 31.4 Å². The van der Waals surface area contributed by atoms with Crippen LogP contribution in [0.1, 0.15) is 18.1 Å². The van der Waals surface area contributed by atoms with Crippen molar-refractivity contribution in [1.82, 2.24) is 30.0 Å². The molecule has 1 unspecified atom stereocenters. The fourth-order valence-electron chi connectivity index (χ4n) is 3.55. The number of likely N-dealkylation sites (N-methyl/N-ethyl adjacent to an activating group) is 1. The van der Waals surface area contributed by atoms with Crippen LogP contribution in [0.2, 0.25) is 0 Å². The molecule has 0 aromatic carbocycles. The van der Waals surface area contributed by atoms with Crippen molar-refractivity contribution in [3.05, 3.63) is 52.2 Å². The molecule has 0 radical (unpaired) electrons. The van der Waals surface area contributed by atoms with Gasteiger partial charge in [-0.3, -0.25) is 4.79 Å². The number of carbonyl (C=O) groups excluding carboxylic acids is 1. The van der Waals surface area contributed by atoms with Crippen LogP contribution in [0, 0.1) is 0 Å². The number of H-pyrrole nitrogens is 1. The van der Waals surface area contributed by atoms with E-state index in [-0.39, 0.29) is 18.5 Å². The molecule has 2 aromatic rings. The molecule has 2 aromatic heterocycles. The number of amides is 2. The van der Waals surface area contributed by atoms with Crippen molar-refractivity contribution >= 4 is 17.7 Å². The molecule has 1 aliphatic heterocycles. The van der Waals surface area contributed by atoms with Gasteiger partial charge in [-0.25, -0.2) is 19.9 Å². The second kappa shape index (κ2) is 11.0. The van der Waals surface area contributed by atoms with Crippen LogP contribution in [0.3, 0.4) is 0 Å². The maximum Gasteiger partial charge on any atom is 0.423 e. The van der Waals surface area contributed by atoms with Crippen LogP contribution in [0.5, 0.6) is 0 Å². The van der Waals surface area contributed by atoms with E-state index >= 15 is 0 Å². The van der Waals surface area contributed by atoms with Gasteiger partial charge in [-0.1, -0.05) is 12.2 Å². The lowest BCUT2D eigenvalue weighted by molar-refractivity contribution is -0.139. The summed E-state index contributed by atoms with van der Waals surface area (Å²) >= 11 is 0. The molecule has 0 aliphatic carbocycles. The van der Waals surface area contributed by atoms with E-state index in [1.165, 1.54) is 4.90 Å². The van der Waals surface area contributed by atoms with E-state index < -0.39 is 40.8 Å².